The van der Waals surface area contributed by atoms with Crippen molar-refractivity contribution in [1.29, 1.82) is 0 Å². The second-order valence-electron chi connectivity index (χ2n) is 26.0. The predicted molar refractivity (Wildman–Crippen MR) is 256 cm³/mol. The van der Waals surface area contributed by atoms with E-state index in [2.05, 4.69) is 220 Å². The van der Waals surface area contributed by atoms with Gasteiger partial charge in [-0.1, -0.05) is 0 Å². The van der Waals surface area contributed by atoms with Crippen molar-refractivity contribution in [2.75, 3.05) is 0 Å². The van der Waals surface area contributed by atoms with E-state index >= 15 is 0 Å². The molecule has 0 saturated heterocycles. The van der Waals surface area contributed by atoms with Crippen LogP contribution in [0.1, 0.15) is 141 Å². The fourth-order valence-corrected chi connectivity index (χ4v) is 75.0. The van der Waals surface area contributed by atoms with Gasteiger partial charge in [-0.15, -0.1) is 0 Å². The average molecular weight is 922 g/mol. The molecule has 0 N–H and O–H groups in total. The molecule has 0 radical (unpaired) electrons. The van der Waals surface area contributed by atoms with E-state index in [1.54, 1.807) is 0 Å². The number of hydrogen-bond acceptors (Lipinski definition) is 0. The van der Waals surface area contributed by atoms with Crippen molar-refractivity contribution < 1.29 is 0 Å². The zero-order valence-electron chi connectivity index (χ0n) is 39.7. The molecule has 51 heavy (non-hydrogen) atoms. The van der Waals surface area contributed by atoms with Gasteiger partial charge in [0.1, 0.15) is 0 Å². The first-order valence-electron chi connectivity index (χ1n) is 20.3. The van der Waals surface area contributed by atoms with E-state index in [0.29, 0.717) is 23.8 Å². The van der Waals surface area contributed by atoms with Crippen LogP contribution in [0.3, 0.4) is 0 Å². The molecule has 0 aromatic heterocycles. The van der Waals surface area contributed by atoms with E-state index < -0.39 is 72.9 Å². The molecule has 0 bridgehead atoms. The summed E-state index contributed by atoms with van der Waals surface area (Å²) in [6.07, 6.45) is 8.34. The average Bonchev–Trinajstić information content (AvgIpc) is 2.75. The summed E-state index contributed by atoms with van der Waals surface area (Å²) in [6, 6.07) is 7.86. The maximum atomic E-state index is 2.78. The number of rotatable bonds is 9. The summed E-state index contributed by atoms with van der Waals surface area (Å²) in [5, 5.41) is 0. The van der Waals surface area contributed by atoms with Crippen LogP contribution < -0.4 is 0 Å². The van der Waals surface area contributed by atoms with Crippen molar-refractivity contribution in [2.24, 2.45) is 0 Å². The number of benzene rings is 1. The minimum atomic E-state index is -2.02. The van der Waals surface area contributed by atoms with Gasteiger partial charge in [-0.25, -0.2) is 0 Å². The number of hydrogen-bond donors (Lipinski definition) is 0. The molecular formula is C45H87Ga3Si3. The van der Waals surface area contributed by atoms with Gasteiger partial charge in [0.25, 0.3) is 0 Å². The summed E-state index contributed by atoms with van der Waals surface area (Å²) in [5.74, 6) is 0. The second-order valence-corrected chi connectivity index (χ2v) is 76.0. The van der Waals surface area contributed by atoms with E-state index in [-0.39, 0.29) is 0 Å². The molecule has 6 heteroatoms. The maximum absolute atomic E-state index is 2.78. The van der Waals surface area contributed by atoms with Gasteiger partial charge in [0.15, 0.2) is 0 Å². The third kappa shape index (κ3) is 14.8. The standard InChI is InChI=1S/C21H33Si3.6C4H9.3Ga/c1-22(2,3)13-10-19-16-20(11-14-23(4,5)6)18-21(17-19)12-15-24(7,8)9;6*1-4(2)3;;;/h10-12,16-18H,1-9H3;6*1-3H3;;;. The van der Waals surface area contributed by atoms with Crippen LogP contribution >= 0.6 is 0 Å². The SMILES string of the molecule is C[C](C)(C)[Ga](/[C](=C/c1cc(/C=[C](/[Ga]([C](C)(C)C)[C](C)(C)C)[Si](C)(C)C)cc(/C=[C](/[Ga]([C](C)(C)C)[C](C)(C)C)[Si](C)(C)C)c1)[Si](C)(C)C)[C](C)(C)C. The van der Waals surface area contributed by atoms with Crippen molar-refractivity contribution >= 4 is 91.1 Å². The molecule has 1 aromatic carbocycles. The van der Waals surface area contributed by atoms with Crippen molar-refractivity contribution in [1.82, 2.24) is 0 Å². The Hall–Kier alpha value is 1.000. The Bertz CT molecular complexity index is 1200. The summed E-state index contributed by atoms with van der Waals surface area (Å²) >= 11 is -6.05. The molecule has 0 nitrogen and oxygen atoms in total. The van der Waals surface area contributed by atoms with Crippen molar-refractivity contribution in [3.05, 3.63) is 46.1 Å². The summed E-state index contributed by atoms with van der Waals surface area (Å²) in [6.45, 7) is 69.7. The van der Waals surface area contributed by atoms with E-state index in [0.717, 1.165) is 0 Å². The Morgan fingerprint density at radius 3 is 0.569 bits per heavy atom. The fourth-order valence-electron chi connectivity index (χ4n) is 10.4. The third-order valence-electron chi connectivity index (χ3n) is 10.7. The van der Waals surface area contributed by atoms with E-state index in [1.807, 2.05) is 11.3 Å². The van der Waals surface area contributed by atoms with Crippen LogP contribution in [-0.2, 0) is 0 Å². The molecule has 0 saturated carbocycles. The van der Waals surface area contributed by atoms with Gasteiger partial charge in [0.05, 0.1) is 0 Å². The molecule has 0 aliphatic rings. The zero-order chi connectivity index (χ0) is 40.9. The molecule has 0 heterocycles. The van der Waals surface area contributed by atoms with Gasteiger partial charge in [-0.2, -0.15) is 0 Å². The Balaban J connectivity index is 4.71. The fraction of sp³-hybridized carbons (Fsp3) is 0.733. The molecule has 0 unspecified atom stereocenters. The molecule has 288 valence electrons. The normalized spacial score (nSPS) is 15.7. The summed E-state index contributed by atoms with van der Waals surface area (Å²) in [7, 11) is -4.80. The first kappa shape index (κ1) is 50.0. The van der Waals surface area contributed by atoms with Crippen molar-refractivity contribution in [3.8, 4) is 0 Å². The molecule has 0 atom stereocenters. The minimum absolute atomic E-state index is 0.369. The van der Waals surface area contributed by atoms with Crippen molar-refractivity contribution in [2.45, 2.75) is 207 Å². The summed E-state index contributed by atoms with van der Waals surface area (Å²) in [5.41, 5.74) is 4.40. The van der Waals surface area contributed by atoms with Gasteiger partial charge in [0.2, 0.25) is 0 Å². The zero-order valence-corrected chi connectivity index (χ0v) is 50.0. The van der Waals surface area contributed by atoms with Gasteiger partial charge in [-0.05, 0) is 0 Å². The van der Waals surface area contributed by atoms with Crippen LogP contribution in [-0.4, -0.2) is 72.9 Å². The molecule has 0 amide bonds. The van der Waals surface area contributed by atoms with Crippen molar-refractivity contribution in [3.63, 3.8) is 0 Å². The summed E-state index contributed by atoms with van der Waals surface area (Å²) in [4.78, 5) is 0. The van der Waals surface area contributed by atoms with Gasteiger partial charge in [0, 0.05) is 0 Å². The van der Waals surface area contributed by atoms with Crippen LogP contribution in [0, 0.1) is 0 Å². The van der Waals surface area contributed by atoms with Crippen LogP contribution in [0.2, 0.25) is 82.7 Å². The Morgan fingerprint density at radius 1 is 0.333 bits per heavy atom. The monoisotopic (exact) mass is 918 g/mol. The predicted octanol–water partition coefficient (Wildman–Crippen LogP) is 16.4. The van der Waals surface area contributed by atoms with Gasteiger partial charge in [-0.3, -0.25) is 0 Å². The second kappa shape index (κ2) is 16.5. The van der Waals surface area contributed by atoms with Crippen LogP contribution in [0.5, 0.6) is 0 Å². The Kier molecular flexibility index (Phi) is 16.1. The molecule has 1 rings (SSSR count). The van der Waals surface area contributed by atoms with E-state index in [9.17, 15) is 0 Å². The van der Waals surface area contributed by atoms with E-state index in [1.165, 1.54) is 16.7 Å². The molecule has 1 aromatic rings. The first-order chi connectivity index (χ1) is 22.0. The van der Waals surface area contributed by atoms with Gasteiger partial charge < -0.3 is 0 Å². The molecule has 0 aliphatic heterocycles. The van der Waals surface area contributed by atoms with Crippen LogP contribution in [0.15, 0.2) is 29.5 Å². The third-order valence-corrected chi connectivity index (χ3v) is 63.9. The van der Waals surface area contributed by atoms with E-state index in [4.69, 9.17) is 0 Å². The molecule has 0 aliphatic carbocycles. The summed E-state index contributed by atoms with van der Waals surface area (Å²) < 4.78 is 7.93. The van der Waals surface area contributed by atoms with Gasteiger partial charge >= 0.3 is 345 Å². The molecule has 0 fully saturated rings. The quantitative estimate of drug-likeness (QED) is 0.217. The Morgan fingerprint density at radius 2 is 0.471 bits per heavy atom. The Labute approximate surface area is 341 Å². The first-order valence-corrected chi connectivity index (χ1v) is 41.7. The molecule has 0 spiro atoms. The van der Waals surface area contributed by atoms with Crippen LogP contribution in [0.4, 0.5) is 0 Å². The topological polar surface area (TPSA) is 0 Å². The van der Waals surface area contributed by atoms with Crippen LogP contribution in [0.25, 0.3) is 18.2 Å². The molecular weight excluding hydrogens is 834 g/mol.